The zero-order valence-electron chi connectivity index (χ0n) is 17.8. The van der Waals surface area contributed by atoms with E-state index in [9.17, 15) is 22.8 Å². The summed E-state index contributed by atoms with van der Waals surface area (Å²) in [6.07, 6.45) is -3.11. The van der Waals surface area contributed by atoms with Gasteiger partial charge in [0.25, 0.3) is 11.8 Å². The van der Waals surface area contributed by atoms with E-state index in [0.717, 1.165) is 5.56 Å². The number of aromatic amines is 1. The smallest absolute Gasteiger partial charge is 0.342 e. The number of amides is 2. The second-order valence-corrected chi connectivity index (χ2v) is 8.90. The van der Waals surface area contributed by atoms with Crippen molar-refractivity contribution in [2.45, 2.75) is 51.1 Å². The van der Waals surface area contributed by atoms with Crippen molar-refractivity contribution >= 4 is 11.8 Å². The minimum Gasteiger partial charge on any atom is -0.342 e. The average Bonchev–Trinajstić information content (AvgIpc) is 3.21. The van der Waals surface area contributed by atoms with Crippen LogP contribution in [0.3, 0.4) is 0 Å². The van der Waals surface area contributed by atoms with Crippen molar-refractivity contribution in [2.24, 2.45) is 0 Å². The number of likely N-dealkylation sites (tertiary alicyclic amines) is 1. The molecule has 1 aromatic heterocycles. The van der Waals surface area contributed by atoms with Crippen LogP contribution in [0.5, 0.6) is 0 Å². The summed E-state index contributed by atoms with van der Waals surface area (Å²) >= 11 is 0. The van der Waals surface area contributed by atoms with E-state index in [1.165, 1.54) is 6.07 Å². The topological polar surface area (TPSA) is 78.1 Å². The van der Waals surface area contributed by atoms with E-state index in [-0.39, 0.29) is 22.9 Å². The van der Waals surface area contributed by atoms with Crippen LogP contribution in [0.25, 0.3) is 0 Å². The molecule has 168 valence electrons. The van der Waals surface area contributed by atoms with Crippen LogP contribution in [-0.4, -0.2) is 52.7 Å². The lowest BCUT2D eigenvalue weighted by Gasteiger charge is -2.31. The Balaban J connectivity index is 1.55. The number of alkyl halides is 3. The molecule has 2 N–H and O–H groups in total. The molecule has 1 aliphatic heterocycles. The van der Waals surface area contributed by atoms with E-state index >= 15 is 0 Å². The molecule has 0 unspecified atom stereocenters. The molecule has 0 bridgehead atoms. The number of piperidine rings is 1. The second kappa shape index (κ2) is 8.72. The van der Waals surface area contributed by atoms with Crippen molar-refractivity contribution in [3.8, 4) is 0 Å². The number of benzene rings is 1. The van der Waals surface area contributed by atoms with E-state index in [1.807, 2.05) is 29.6 Å². The third-order valence-corrected chi connectivity index (χ3v) is 5.50. The van der Waals surface area contributed by atoms with Gasteiger partial charge in [0.2, 0.25) is 0 Å². The molecule has 9 heteroatoms. The summed E-state index contributed by atoms with van der Waals surface area (Å²) in [7, 11) is 0. The van der Waals surface area contributed by atoms with Crippen molar-refractivity contribution in [2.75, 3.05) is 19.6 Å². The van der Waals surface area contributed by atoms with Crippen LogP contribution in [0.1, 0.15) is 71.6 Å². The summed E-state index contributed by atoms with van der Waals surface area (Å²) in [5, 5.41) is 8.40. The van der Waals surface area contributed by atoms with Gasteiger partial charge in [-0.1, -0.05) is 32.9 Å². The molecule has 3 rings (SSSR count). The second-order valence-electron chi connectivity index (χ2n) is 8.90. The molecule has 1 aromatic carbocycles. The summed E-state index contributed by atoms with van der Waals surface area (Å²) in [5.41, 5.74) is 2.45. The Bertz CT molecular complexity index is 921. The Morgan fingerprint density at radius 1 is 1.13 bits per heavy atom. The molecule has 0 radical (unpaired) electrons. The molecular formula is C22H27F3N4O2. The Morgan fingerprint density at radius 3 is 2.29 bits per heavy atom. The first-order valence-corrected chi connectivity index (χ1v) is 10.2. The van der Waals surface area contributed by atoms with Gasteiger partial charge >= 0.3 is 6.18 Å². The third kappa shape index (κ3) is 5.86. The number of nitrogens with one attached hydrogen (secondary N) is 2. The summed E-state index contributed by atoms with van der Waals surface area (Å²) in [4.78, 5) is 26.4. The van der Waals surface area contributed by atoms with Crippen LogP contribution in [0.2, 0.25) is 0 Å². The summed E-state index contributed by atoms with van der Waals surface area (Å²) in [6, 6.07) is 9.16. The molecule has 0 atom stereocenters. The number of nitrogens with zero attached hydrogens (tertiary/aromatic N) is 2. The number of rotatable bonds is 4. The van der Waals surface area contributed by atoms with Crippen LogP contribution in [0, 0.1) is 0 Å². The van der Waals surface area contributed by atoms with Crippen LogP contribution >= 0.6 is 0 Å². The van der Waals surface area contributed by atoms with Crippen molar-refractivity contribution in [3.63, 3.8) is 0 Å². The predicted octanol–water partition coefficient (Wildman–Crippen LogP) is 4.02. The fraction of sp³-hybridized carbons (Fsp3) is 0.500. The van der Waals surface area contributed by atoms with Crippen molar-refractivity contribution in [3.05, 3.63) is 52.8 Å². The number of carbonyl (C=O) groups excluding carboxylic acids is 2. The maximum atomic E-state index is 12.8. The molecule has 1 saturated heterocycles. The fourth-order valence-electron chi connectivity index (χ4n) is 3.62. The highest BCUT2D eigenvalue weighted by atomic mass is 19.4. The lowest BCUT2D eigenvalue weighted by Crippen LogP contribution is -2.38. The minimum atomic E-state index is -4.47. The average molecular weight is 436 g/mol. The Hall–Kier alpha value is -2.84. The van der Waals surface area contributed by atoms with Crippen LogP contribution in [-0.2, 0) is 5.41 Å². The Kier molecular flexibility index (Phi) is 6.43. The van der Waals surface area contributed by atoms with Crippen molar-refractivity contribution in [1.82, 2.24) is 20.4 Å². The van der Waals surface area contributed by atoms with Gasteiger partial charge < -0.3 is 10.2 Å². The van der Waals surface area contributed by atoms with E-state index in [1.54, 1.807) is 4.90 Å². The Labute approximate surface area is 179 Å². The maximum absolute atomic E-state index is 12.8. The number of halogens is 3. The highest BCUT2D eigenvalue weighted by Crippen LogP contribution is 2.28. The van der Waals surface area contributed by atoms with E-state index < -0.39 is 18.6 Å². The molecule has 1 aliphatic rings. The van der Waals surface area contributed by atoms with Gasteiger partial charge in [-0.3, -0.25) is 14.7 Å². The fourth-order valence-corrected chi connectivity index (χ4v) is 3.62. The molecule has 2 amide bonds. The molecule has 1 fully saturated rings. The lowest BCUT2D eigenvalue weighted by atomic mass is 9.86. The maximum Gasteiger partial charge on any atom is 0.405 e. The van der Waals surface area contributed by atoms with E-state index in [4.69, 9.17) is 0 Å². The zero-order chi connectivity index (χ0) is 22.8. The van der Waals surface area contributed by atoms with Crippen molar-refractivity contribution < 1.29 is 22.8 Å². The number of carbonyl (C=O) groups is 2. The summed E-state index contributed by atoms with van der Waals surface area (Å²) < 4.78 is 36.7. The zero-order valence-corrected chi connectivity index (χ0v) is 17.8. The van der Waals surface area contributed by atoms with E-state index in [2.05, 4.69) is 31.0 Å². The van der Waals surface area contributed by atoms with Gasteiger partial charge in [0.05, 0.1) is 0 Å². The van der Waals surface area contributed by atoms with Crippen LogP contribution in [0.15, 0.2) is 30.3 Å². The first-order chi connectivity index (χ1) is 14.4. The standard InChI is InChI=1S/C22H27F3N4O2/c1-21(2,3)16-6-4-15(5-7-16)20(31)29-10-8-14(9-11-29)17-12-18(28-27-17)19(30)26-13-22(23,24)25/h4-7,12,14H,8-11,13H2,1-3H3,(H,26,30)(H,27,28). The van der Waals surface area contributed by atoms with E-state index in [0.29, 0.717) is 37.2 Å². The van der Waals surface area contributed by atoms with Crippen LogP contribution in [0.4, 0.5) is 13.2 Å². The number of H-pyrrole nitrogens is 1. The molecular weight excluding hydrogens is 409 g/mol. The normalized spacial score (nSPS) is 15.7. The van der Waals surface area contributed by atoms with Gasteiger partial charge in [0.15, 0.2) is 0 Å². The third-order valence-electron chi connectivity index (χ3n) is 5.50. The number of hydrogen-bond acceptors (Lipinski definition) is 3. The van der Waals surface area contributed by atoms with Gasteiger partial charge in [0, 0.05) is 30.3 Å². The largest absolute Gasteiger partial charge is 0.405 e. The first-order valence-electron chi connectivity index (χ1n) is 10.2. The molecule has 31 heavy (non-hydrogen) atoms. The number of aromatic nitrogens is 2. The van der Waals surface area contributed by atoms with Crippen LogP contribution < -0.4 is 5.32 Å². The van der Waals surface area contributed by atoms with Gasteiger partial charge in [0.1, 0.15) is 12.2 Å². The Morgan fingerprint density at radius 2 is 1.74 bits per heavy atom. The van der Waals surface area contributed by atoms with Crippen molar-refractivity contribution in [1.29, 1.82) is 0 Å². The predicted molar refractivity (Wildman–Crippen MR) is 110 cm³/mol. The first kappa shape index (κ1) is 22.8. The lowest BCUT2D eigenvalue weighted by molar-refractivity contribution is -0.123. The molecule has 2 heterocycles. The quantitative estimate of drug-likeness (QED) is 0.760. The minimum absolute atomic E-state index is 0.0178. The summed E-state index contributed by atoms with van der Waals surface area (Å²) in [6.45, 7) is 6.07. The monoisotopic (exact) mass is 436 g/mol. The van der Waals surface area contributed by atoms with Gasteiger partial charge in [-0.05, 0) is 42.0 Å². The van der Waals surface area contributed by atoms with Gasteiger partial charge in [-0.15, -0.1) is 0 Å². The molecule has 0 aliphatic carbocycles. The highest BCUT2D eigenvalue weighted by Gasteiger charge is 2.29. The molecule has 0 spiro atoms. The molecule has 0 saturated carbocycles. The SMILES string of the molecule is CC(C)(C)c1ccc(C(=O)N2CCC(c3cc(C(=O)NCC(F)(F)F)n[nH]3)CC2)cc1. The summed E-state index contributed by atoms with van der Waals surface area (Å²) in [5.74, 6) is -0.828. The van der Waals surface area contributed by atoms with Gasteiger partial charge in [-0.25, -0.2) is 0 Å². The number of hydrogen-bond donors (Lipinski definition) is 2. The molecule has 6 nitrogen and oxygen atoms in total. The molecule has 2 aromatic rings. The highest BCUT2D eigenvalue weighted by molar-refractivity contribution is 5.94. The van der Waals surface area contributed by atoms with Gasteiger partial charge in [-0.2, -0.15) is 18.3 Å².